The lowest BCUT2D eigenvalue weighted by Crippen LogP contribution is -2.31. The molecule has 5 heteroatoms. The number of esters is 1. The average Bonchev–Trinajstić information content (AvgIpc) is 2.21. The van der Waals surface area contributed by atoms with Gasteiger partial charge in [0.2, 0.25) is 0 Å². The van der Waals surface area contributed by atoms with Gasteiger partial charge < -0.3 is 16.2 Å². The fraction of sp³-hybridized carbons (Fsp3) is 0.600. The van der Waals surface area contributed by atoms with Crippen LogP contribution in [0.25, 0.3) is 0 Å². The molecule has 0 aliphatic heterocycles. The van der Waals surface area contributed by atoms with Crippen molar-refractivity contribution in [2.45, 2.75) is 25.8 Å². The van der Waals surface area contributed by atoms with Gasteiger partial charge in [-0.2, -0.15) is 0 Å². The number of rotatable bonds is 6. The largest absolute Gasteiger partial charge is 0.468 e. The summed E-state index contributed by atoms with van der Waals surface area (Å²) in [7, 11) is 1.33. The molecule has 0 aromatic carbocycles. The normalized spacial score (nSPS) is 14.2. The van der Waals surface area contributed by atoms with E-state index in [9.17, 15) is 4.79 Å². The number of methoxy groups -OCH3 is 1. The minimum Gasteiger partial charge on any atom is -0.468 e. The van der Waals surface area contributed by atoms with Crippen LogP contribution < -0.4 is 11.5 Å². The number of hydrogen-bond donors (Lipinski definition) is 2. The van der Waals surface area contributed by atoms with Crippen LogP contribution >= 0.6 is 0 Å². The third-order valence-electron chi connectivity index (χ3n) is 1.76. The Labute approximate surface area is 90.2 Å². The standard InChI is InChI=1S/C10H19N3O2/c1-8(11)13-7-5-3-4-6-9(12)10(14)15-2/h3,5,9H,4,6-7,12H2,1-2H3,(H2,11,13)/b5-3-/t9-/m0/s1. The predicted molar refractivity (Wildman–Crippen MR) is 60.5 cm³/mol. The van der Waals surface area contributed by atoms with Crippen LogP contribution in [-0.4, -0.2) is 31.5 Å². The predicted octanol–water partition coefficient (Wildman–Crippen LogP) is 0.200. The second kappa shape index (κ2) is 7.99. The molecule has 86 valence electrons. The number of nitrogens with two attached hydrogens (primary N) is 2. The van der Waals surface area contributed by atoms with Crippen LogP contribution in [0.3, 0.4) is 0 Å². The van der Waals surface area contributed by atoms with E-state index in [1.54, 1.807) is 6.92 Å². The molecule has 0 unspecified atom stereocenters. The lowest BCUT2D eigenvalue weighted by Gasteiger charge is -2.06. The van der Waals surface area contributed by atoms with Gasteiger partial charge in [-0.3, -0.25) is 9.79 Å². The summed E-state index contributed by atoms with van der Waals surface area (Å²) >= 11 is 0. The maximum Gasteiger partial charge on any atom is 0.322 e. The Morgan fingerprint density at radius 2 is 2.20 bits per heavy atom. The summed E-state index contributed by atoms with van der Waals surface area (Å²) in [6, 6.07) is -0.542. The number of ether oxygens (including phenoxy) is 1. The second-order valence-corrected chi connectivity index (χ2v) is 3.16. The van der Waals surface area contributed by atoms with Crippen LogP contribution in [-0.2, 0) is 9.53 Å². The van der Waals surface area contributed by atoms with Gasteiger partial charge in [0, 0.05) is 0 Å². The molecule has 0 aromatic heterocycles. The highest BCUT2D eigenvalue weighted by atomic mass is 16.5. The molecule has 0 spiro atoms. The molecule has 4 N–H and O–H groups in total. The van der Waals surface area contributed by atoms with Gasteiger partial charge in [0.25, 0.3) is 0 Å². The first-order chi connectivity index (χ1) is 7.07. The lowest BCUT2D eigenvalue weighted by molar-refractivity contribution is -0.142. The maximum absolute atomic E-state index is 10.9. The third-order valence-corrected chi connectivity index (χ3v) is 1.76. The van der Waals surface area contributed by atoms with Crippen molar-refractivity contribution in [1.82, 2.24) is 0 Å². The fourth-order valence-corrected chi connectivity index (χ4v) is 0.934. The molecule has 0 aliphatic carbocycles. The van der Waals surface area contributed by atoms with E-state index in [-0.39, 0.29) is 5.97 Å². The Kier molecular flexibility index (Phi) is 7.27. The van der Waals surface area contributed by atoms with E-state index in [2.05, 4.69) is 9.73 Å². The summed E-state index contributed by atoms with van der Waals surface area (Å²) in [6.45, 7) is 2.30. The van der Waals surface area contributed by atoms with Gasteiger partial charge in [0.15, 0.2) is 0 Å². The van der Waals surface area contributed by atoms with Crippen LogP contribution in [0.15, 0.2) is 17.1 Å². The van der Waals surface area contributed by atoms with E-state index < -0.39 is 6.04 Å². The molecule has 5 nitrogen and oxygen atoms in total. The average molecular weight is 213 g/mol. The molecule has 0 heterocycles. The van der Waals surface area contributed by atoms with Crippen LogP contribution in [0.4, 0.5) is 0 Å². The molecule has 1 atom stereocenters. The quantitative estimate of drug-likeness (QED) is 0.285. The first-order valence-corrected chi connectivity index (χ1v) is 4.83. The topological polar surface area (TPSA) is 90.7 Å². The van der Waals surface area contributed by atoms with Gasteiger partial charge >= 0.3 is 5.97 Å². The first-order valence-electron chi connectivity index (χ1n) is 4.83. The maximum atomic E-state index is 10.9. The van der Waals surface area contributed by atoms with Gasteiger partial charge in [0.1, 0.15) is 6.04 Å². The number of carbonyl (C=O) groups is 1. The molecule has 15 heavy (non-hydrogen) atoms. The van der Waals surface area contributed by atoms with Gasteiger partial charge in [-0.05, 0) is 19.8 Å². The summed E-state index contributed by atoms with van der Waals surface area (Å²) in [5, 5.41) is 0. The summed E-state index contributed by atoms with van der Waals surface area (Å²) in [4.78, 5) is 14.9. The Morgan fingerprint density at radius 1 is 1.53 bits per heavy atom. The van der Waals surface area contributed by atoms with E-state index in [4.69, 9.17) is 11.5 Å². The molecule has 0 rings (SSSR count). The Balaban J connectivity index is 3.61. The van der Waals surface area contributed by atoms with Crippen molar-refractivity contribution in [2.75, 3.05) is 13.7 Å². The first kappa shape index (κ1) is 13.6. The number of nitrogens with zero attached hydrogens (tertiary/aromatic N) is 1. The smallest absolute Gasteiger partial charge is 0.322 e. The van der Waals surface area contributed by atoms with Crippen LogP contribution in [0.1, 0.15) is 19.8 Å². The van der Waals surface area contributed by atoms with Gasteiger partial charge in [0.05, 0.1) is 19.5 Å². The number of hydrogen-bond acceptors (Lipinski definition) is 4. The zero-order valence-corrected chi connectivity index (χ0v) is 9.27. The van der Waals surface area contributed by atoms with Crippen molar-refractivity contribution >= 4 is 11.8 Å². The molecule has 0 saturated heterocycles. The molecule has 0 bridgehead atoms. The van der Waals surface area contributed by atoms with Crippen molar-refractivity contribution in [2.24, 2.45) is 16.5 Å². The number of amidine groups is 1. The monoisotopic (exact) mass is 213 g/mol. The highest BCUT2D eigenvalue weighted by Crippen LogP contribution is 1.97. The van der Waals surface area contributed by atoms with E-state index in [1.807, 2.05) is 12.2 Å². The fourth-order valence-electron chi connectivity index (χ4n) is 0.934. The summed E-state index contributed by atoms with van der Waals surface area (Å²) < 4.78 is 4.50. The van der Waals surface area contributed by atoms with Gasteiger partial charge in [-0.15, -0.1) is 0 Å². The SMILES string of the molecule is COC(=O)[C@@H](N)CC/C=C\CN=C(C)N. The lowest BCUT2D eigenvalue weighted by atomic mass is 10.1. The zero-order valence-electron chi connectivity index (χ0n) is 9.27. The minimum absolute atomic E-state index is 0.376. The highest BCUT2D eigenvalue weighted by molar-refractivity contribution is 5.77. The van der Waals surface area contributed by atoms with Crippen molar-refractivity contribution < 1.29 is 9.53 Å². The molecular formula is C10H19N3O2. The Bertz CT molecular complexity index is 245. The molecule has 0 aromatic rings. The molecule has 0 radical (unpaired) electrons. The molecule has 0 fully saturated rings. The number of aliphatic imine (C=N–C) groups is 1. The molecule has 0 amide bonds. The summed E-state index contributed by atoms with van der Waals surface area (Å²) in [5.74, 6) is 0.185. The van der Waals surface area contributed by atoms with Crippen LogP contribution in [0.5, 0.6) is 0 Å². The summed E-state index contributed by atoms with van der Waals surface area (Å²) in [5.41, 5.74) is 10.9. The van der Waals surface area contributed by atoms with Crippen molar-refractivity contribution in [3.8, 4) is 0 Å². The van der Waals surface area contributed by atoms with Gasteiger partial charge in [-0.1, -0.05) is 12.2 Å². The van der Waals surface area contributed by atoms with E-state index >= 15 is 0 Å². The Morgan fingerprint density at radius 3 is 2.73 bits per heavy atom. The summed E-state index contributed by atoms with van der Waals surface area (Å²) in [6.07, 6.45) is 5.12. The molecular weight excluding hydrogens is 194 g/mol. The number of carbonyl (C=O) groups excluding carboxylic acids is 1. The Hall–Kier alpha value is -1.36. The van der Waals surface area contributed by atoms with Crippen LogP contribution in [0.2, 0.25) is 0 Å². The molecule has 0 aliphatic rings. The minimum atomic E-state index is -0.542. The van der Waals surface area contributed by atoms with Crippen molar-refractivity contribution in [3.05, 3.63) is 12.2 Å². The third kappa shape index (κ3) is 7.69. The highest BCUT2D eigenvalue weighted by Gasteiger charge is 2.11. The van der Waals surface area contributed by atoms with Crippen LogP contribution in [0, 0.1) is 0 Å². The van der Waals surface area contributed by atoms with E-state index in [0.29, 0.717) is 18.8 Å². The molecule has 0 saturated carbocycles. The van der Waals surface area contributed by atoms with E-state index in [0.717, 1.165) is 6.42 Å². The van der Waals surface area contributed by atoms with Crippen molar-refractivity contribution in [3.63, 3.8) is 0 Å². The zero-order chi connectivity index (χ0) is 11.7. The van der Waals surface area contributed by atoms with Crippen molar-refractivity contribution in [1.29, 1.82) is 0 Å². The van der Waals surface area contributed by atoms with E-state index in [1.165, 1.54) is 7.11 Å². The van der Waals surface area contributed by atoms with Gasteiger partial charge in [-0.25, -0.2) is 0 Å². The second-order valence-electron chi connectivity index (χ2n) is 3.16. The number of allylic oxidation sites excluding steroid dienone is 1.